The van der Waals surface area contributed by atoms with Crippen LogP contribution in [0.4, 0.5) is 0 Å². The summed E-state index contributed by atoms with van der Waals surface area (Å²) in [5, 5.41) is 4.91. The maximum absolute atomic E-state index is 12.8. The Labute approximate surface area is 147 Å². The first-order chi connectivity index (χ1) is 11.6. The Hall–Kier alpha value is -2.01. The number of ether oxygens (including phenoxy) is 1. The first-order valence-electron chi connectivity index (χ1n) is 8.29. The Bertz CT molecular complexity index is 706. The normalized spacial score (nSPS) is 20.9. The topological polar surface area (TPSA) is 47.4 Å². The van der Waals surface area contributed by atoms with Gasteiger partial charge < -0.3 is 9.64 Å². The molecule has 1 fully saturated rings. The molecular formula is C18H22ClN3O2. The second kappa shape index (κ2) is 7.26. The lowest BCUT2D eigenvalue weighted by molar-refractivity contribution is 0.0503. The van der Waals surface area contributed by atoms with E-state index >= 15 is 0 Å². The molecule has 6 heteroatoms. The van der Waals surface area contributed by atoms with Crippen molar-refractivity contribution in [3.05, 3.63) is 47.2 Å². The molecule has 0 radical (unpaired) electrons. The van der Waals surface area contributed by atoms with Crippen LogP contribution in [0.1, 0.15) is 43.6 Å². The molecule has 0 spiro atoms. The molecule has 1 aliphatic heterocycles. The molecule has 3 rings (SSSR count). The minimum atomic E-state index is -0.00815. The summed E-state index contributed by atoms with van der Waals surface area (Å²) < 4.78 is 7.25. The average molecular weight is 348 g/mol. The summed E-state index contributed by atoms with van der Waals surface area (Å²) in [6, 6.07) is 9.53. The van der Waals surface area contributed by atoms with Crippen molar-refractivity contribution in [2.45, 2.75) is 51.9 Å². The van der Waals surface area contributed by atoms with Gasteiger partial charge in [-0.2, -0.15) is 5.10 Å². The molecular weight excluding hydrogens is 326 g/mol. The highest BCUT2D eigenvalue weighted by molar-refractivity contribution is 6.32. The molecule has 0 unspecified atom stereocenters. The number of piperidine rings is 1. The maximum Gasteiger partial charge on any atom is 0.274 e. The van der Waals surface area contributed by atoms with Crippen LogP contribution in [-0.2, 0) is 6.73 Å². The van der Waals surface area contributed by atoms with Crippen molar-refractivity contribution in [3.8, 4) is 5.75 Å². The van der Waals surface area contributed by atoms with Crippen LogP contribution in [0.3, 0.4) is 0 Å². The minimum Gasteiger partial charge on any atom is -0.470 e. The van der Waals surface area contributed by atoms with E-state index in [2.05, 4.69) is 18.9 Å². The van der Waals surface area contributed by atoms with E-state index < -0.39 is 0 Å². The molecule has 24 heavy (non-hydrogen) atoms. The van der Waals surface area contributed by atoms with E-state index in [0.29, 0.717) is 16.5 Å². The Morgan fingerprint density at radius 1 is 1.25 bits per heavy atom. The molecule has 0 bridgehead atoms. The number of halogens is 1. The van der Waals surface area contributed by atoms with Crippen molar-refractivity contribution in [1.29, 1.82) is 0 Å². The first kappa shape index (κ1) is 16.8. The second-order valence-electron chi connectivity index (χ2n) is 6.29. The number of hydrogen-bond donors (Lipinski definition) is 0. The van der Waals surface area contributed by atoms with Gasteiger partial charge in [-0.3, -0.25) is 4.79 Å². The van der Waals surface area contributed by atoms with Crippen molar-refractivity contribution < 1.29 is 9.53 Å². The quantitative estimate of drug-likeness (QED) is 0.840. The predicted molar refractivity (Wildman–Crippen MR) is 93.3 cm³/mol. The third-order valence-electron chi connectivity index (χ3n) is 4.48. The van der Waals surface area contributed by atoms with Gasteiger partial charge in [0.2, 0.25) is 0 Å². The lowest BCUT2D eigenvalue weighted by Crippen LogP contribution is -2.47. The Balaban J connectivity index is 1.66. The third-order valence-corrected chi connectivity index (χ3v) is 4.79. The van der Waals surface area contributed by atoms with E-state index in [9.17, 15) is 4.79 Å². The lowest BCUT2D eigenvalue weighted by atomic mass is 9.97. The first-order valence-corrected chi connectivity index (χ1v) is 8.67. The molecule has 0 saturated carbocycles. The van der Waals surface area contributed by atoms with Crippen molar-refractivity contribution in [2.24, 2.45) is 0 Å². The van der Waals surface area contributed by atoms with Crippen molar-refractivity contribution in [1.82, 2.24) is 14.7 Å². The van der Waals surface area contributed by atoms with Gasteiger partial charge in [0.25, 0.3) is 5.91 Å². The SMILES string of the molecule is C[C@H]1CCC[C@H](C)N1C(=O)c1ccn(COc2ccccc2Cl)n1. The van der Waals surface area contributed by atoms with Crippen molar-refractivity contribution in [3.63, 3.8) is 0 Å². The van der Waals surface area contributed by atoms with Gasteiger partial charge in [0.1, 0.15) is 5.75 Å². The Kier molecular flexibility index (Phi) is 5.09. The number of hydrogen-bond acceptors (Lipinski definition) is 3. The summed E-state index contributed by atoms with van der Waals surface area (Å²) in [5.41, 5.74) is 0.457. The van der Waals surface area contributed by atoms with Crippen LogP contribution in [0, 0.1) is 0 Å². The van der Waals surface area contributed by atoms with Crippen LogP contribution in [0.25, 0.3) is 0 Å². The van der Waals surface area contributed by atoms with Crippen LogP contribution in [0.15, 0.2) is 36.5 Å². The van der Waals surface area contributed by atoms with Gasteiger partial charge in [-0.15, -0.1) is 0 Å². The molecule has 128 valence electrons. The van der Waals surface area contributed by atoms with Gasteiger partial charge in [0.15, 0.2) is 12.4 Å². The van der Waals surface area contributed by atoms with Crippen molar-refractivity contribution in [2.75, 3.05) is 0 Å². The van der Waals surface area contributed by atoms with Gasteiger partial charge in [-0.1, -0.05) is 23.7 Å². The molecule has 0 aliphatic carbocycles. The highest BCUT2D eigenvalue weighted by Gasteiger charge is 2.30. The lowest BCUT2D eigenvalue weighted by Gasteiger charge is -2.38. The van der Waals surface area contributed by atoms with Crippen LogP contribution >= 0.6 is 11.6 Å². The Morgan fingerprint density at radius 2 is 1.96 bits per heavy atom. The van der Waals surface area contributed by atoms with Gasteiger partial charge in [-0.05, 0) is 51.3 Å². The summed E-state index contributed by atoms with van der Waals surface area (Å²) in [7, 11) is 0. The van der Waals surface area contributed by atoms with Crippen LogP contribution in [0.2, 0.25) is 5.02 Å². The molecule has 1 saturated heterocycles. The zero-order valence-corrected chi connectivity index (χ0v) is 14.7. The molecule has 1 aromatic heterocycles. The second-order valence-corrected chi connectivity index (χ2v) is 6.69. The monoisotopic (exact) mass is 347 g/mol. The van der Waals surface area contributed by atoms with Gasteiger partial charge in [-0.25, -0.2) is 4.68 Å². The summed E-state index contributed by atoms with van der Waals surface area (Å²) in [5.74, 6) is 0.590. The Morgan fingerprint density at radius 3 is 2.67 bits per heavy atom. The maximum atomic E-state index is 12.8. The number of carbonyl (C=O) groups excluding carboxylic acids is 1. The number of amides is 1. The average Bonchev–Trinajstić information content (AvgIpc) is 3.03. The molecule has 2 heterocycles. The van der Waals surface area contributed by atoms with E-state index in [-0.39, 0.29) is 24.7 Å². The number of likely N-dealkylation sites (tertiary alicyclic amines) is 1. The summed E-state index contributed by atoms with van der Waals surface area (Å²) in [4.78, 5) is 14.7. The van der Waals surface area contributed by atoms with E-state index in [1.165, 1.54) is 6.42 Å². The molecule has 2 atom stereocenters. The van der Waals surface area contributed by atoms with Crippen LogP contribution < -0.4 is 4.74 Å². The minimum absolute atomic E-state index is 0.00815. The molecule has 1 amide bonds. The summed E-state index contributed by atoms with van der Waals surface area (Å²) in [6.45, 7) is 4.41. The number of aromatic nitrogens is 2. The fourth-order valence-corrected chi connectivity index (χ4v) is 3.39. The highest BCUT2D eigenvalue weighted by atomic mass is 35.5. The number of para-hydroxylation sites is 1. The zero-order valence-electron chi connectivity index (χ0n) is 14.0. The molecule has 5 nitrogen and oxygen atoms in total. The number of benzene rings is 1. The largest absolute Gasteiger partial charge is 0.470 e. The summed E-state index contributed by atoms with van der Waals surface area (Å²) in [6.07, 6.45) is 5.02. The van der Waals surface area contributed by atoms with Gasteiger partial charge in [0, 0.05) is 18.3 Å². The van der Waals surface area contributed by atoms with Gasteiger partial charge >= 0.3 is 0 Å². The number of nitrogens with zero attached hydrogens (tertiary/aromatic N) is 3. The van der Waals surface area contributed by atoms with Crippen LogP contribution in [-0.4, -0.2) is 32.7 Å². The van der Waals surface area contributed by atoms with E-state index in [1.54, 1.807) is 29.1 Å². The zero-order chi connectivity index (χ0) is 17.1. The van der Waals surface area contributed by atoms with E-state index in [4.69, 9.17) is 16.3 Å². The molecule has 1 aromatic carbocycles. The fourth-order valence-electron chi connectivity index (χ4n) is 3.20. The number of carbonyl (C=O) groups is 1. The fraction of sp³-hybridized carbons (Fsp3) is 0.444. The number of rotatable bonds is 4. The summed E-state index contributed by atoms with van der Waals surface area (Å²) >= 11 is 6.06. The molecule has 0 N–H and O–H groups in total. The van der Waals surface area contributed by atoms with E-state index in [1.807, 2.05) is 17.0 Å². The third kappa shape index (κ3) is 3.56. The predicted octanol–water partition coefficient (Wildman–Crippen LogP) is 3.98. The van der Waals surface area contributed by atoms with E-state index in [0.717, 1.165) is 12.8 Å². The molecule has 1 aliphatic rings. The molecule has 2 aromatic rings. The standard InChI is InChI=1S/C18H22ClN3O2/c1-13-6-5-7-14(2)22(13)18(23)16-10-11-21(20-16)12-24-17-9-4-3-8-15(17)19/h3-4,8-11,13-14H,5-7,12H2,1-2H3/t13-,14-/m0/s1. The van der Waals surface area contributed by atoms with Crippen molar-refractivity contribution >= 4 is 17.5 Å². The highest BCUT2D eigenvalue weighted by Crippen LogP contribution is 2.25. The van der Waals surface area contributed by atoms with Gasteiger partial charge in [0.05, 0.1) is 5.02 Å². The smallest absolute Gasteiger partial charge is 0.274 e. The van der Waals surface area contributed by atoms with Crippen LogP contribution in [0.5, 0.6) is 5.75 Å².